The van der Waals surface area contributed by atoms with Gasteiger partial charge in [0.1, 0.15) is 5.70 Å². The van der Waals surface area contributed by atoms with Crippen molar-refractivity contribution >= 4 is 5.71 Å². The van der Waals surface area contributed by atoms with Crippen LogP contribution in [0.4, 0.5) is 8.78 Å². The van der Waals surface area contributed by atoms with Crippen molar-refractivity contribution in [3.05, 3.63) is 47.2 Å². The number of aliphatic hydroxyl groups is 1. The van der Waals surface area contributed by atoms with Crippen molar-refractivity contribution in [1.82, 2.24) is 0 Å². The first kappa shape index (κ1) is 15.8. The summed E-state index contributed by atoms with van der Waals surface area (Å²) < 4.78 is 27.2. The van der Waals surface area contributed by atoms with Crippen molar-refractivity contribution in [1.29, 1.82) is 0 Å². The number of hydrogen-bond acceptors (Lipinski definition) is 2. The zero-order valence-corrected chi connectivity index (χ0v) is 12.4. The Hall–Kier alpha value is -1.55. The lowest BCUT2D eigenvalue weighted by Gasteiger charge is -2.17. The lowest BCUT2D eigenvalue weighted by Crippen LogP contribution is -2.17. The first-order valence-corrected chi connectivity index (χ1v) is 7.33. The van der Waals surface area contributed by atoms with Crippen LogP contribution in [-0.4, -0.2) is 16.7 Å². The molecule has 0 radical (unpaired) electrons. The minimum Gasteiger partial charge on any atom is -0.392 e. The van der Waals surface area contributed by atoms with Gasteiger partial charge >= 0.3 is 0 Å². The van der Waals surface area contributed by atoms with E-state index in [1.807, 2.05) is 24.3 Å². The number of aliphatic hydroxyl groups excluding tert-OH is 1. The van der Waals surface area contributed by atoms with E-state index in [1.165, 1.54) is 0 Å². The van der Waals surface area contributed by atoms with Crippen LogP contribution in [-0.2, 0) is 6.61 Å². The van der Waals surface area contributed by atoms with Crippen LogP contribution >= 0.6 is 0 Å². The fraction of sp³-hybridized carbons (Fsp3) is 0.471. The molecule has 21 heavy (non-hydrogen) atoms. The molecule has 1 aromatic rings. The van der Waals surface area contributed by atoms with Crippen molar-refractivity contribution in [2.75, 3.05) is 0 Å². The van der Waals surface area contributed by atoms with Crippen molar-refractivity contribution in [2.45, 2.75) is 45.6 Å². The molecule has 0 aromatic heterocycles. The molecule has 0 amide bonds. The molecule has 1 aromatic carbocycles. The van der Waals surface area contributed by atoms with E-state index < -0.39 is 5.92 Å². The Morgan fingerprint density at radius 1 is 1.29 bits per heavy atom. The average Bonchev–Trinajstić information content (AvgIpc) is 2.69. The second kappa shape index (κ2) is 6.48. The van der Waals surface area contributed by atoms with Gasteiger partial charge in [0.05, 0.1) is 12.3 Å². The van der Waals surface area contributed by atoms with Crippen LogP contribution < -0.4 is 0 Å². The largest absolute Gasteiger partial charge is 0.392 e. The first-order valence-electron chi connectivity index (χ1n) is 7.33. The van der Waals surface area contributed by atoms with Crippen molar-refractivity contribution < 1.29 is 13.9 Å². The van der Waals surface area contributed by atoms with Crippen LogP contribution in [0, 0.1) is 5.92 Å². The minimum atomic E-state index is -2.92. The highest BCUT2D eigenvalue weighted by Gasteiger charge is 2.30. The molecule has 1 heterocycles. The van der Waals surface area contributed by atoms with E-state index in [-0.39, 0.29) is 18.2 Å². The van der Waals surface area contributed by atoms with Gasteiger partial charge in [-0.15, -0.1) is 0 Å². The maximum atomic E-state index is 13.6. The van der Waals surface area contributed by atoms with Crippen molar-refractivity contribution in [3.63, 3.8) is 0 Å². The van der Waals surface area contributed by atoms with Gasteiger partial charge < -0.3 is 5.11 Å². The second-order valence-corrected chi connectivity index (χ2v) is 5.51. The molecule has 4 heteroatoms. The molecular formula is C17H21F2NO. The average molecular weight is 293 g/mol. The van der Waals surface area contributed by atoms with Gasteiger partial charge in [0.25, 0.3) is 5.92 Å². The Kier molecular flexibility index (Phi) is 4.88. The SMILES string of the molecule is CCC1CCC=C(C(C)(F)F)N=C1c1ccc(CO)cc1. The smallest absolute Gasteiger partial charge is 0.286 e. The van der Waals surface area contributed by atoms with Gasteiger partial charge in [-0.05, 0) is 30.4 Å². The summed E-state index contributed by atoms with van der Waals surface area (Å²) >= 11 is 0. The molecule has 1 aliphatic heterocycles. The highest BCUT2D eigenvalue weighted by molar-refractivity contribution is 6.03. The monoisotopic (exact) mass is 293 g/mol. The Labute approximate surface area is 124 Å². The fourth-order valence-corrected chi connectivity index (χ4v) is 2.58. The quantitative estimate of drug-likeness (QED) is 0.880. The van der Waals surface area contributed by atoms with Gasteiger partial charge in [0, 0.05) is 12.8 Å². The standard InChI is InChI=1S/C17H21F2NO/c1-3-13-5-4-6-15(17(2,18)19)20-16(13)14-9-7-12(11-21)8-10-14/h6-10,13,21H,3-5,11H2,1-2H3. The number of allylic oxidation sites excluding steroid dienone is 2. The molecule has 2 nitrogen and oxygen atoms in total. The highest BCUT2D eigenvalue weighted by Crippen LogP contribution is 2.31. The topological polar surface area (TPSA) is 32.6 Å². The molecule has 1 aliphatic rings. The summed E-state index contributed by atoms with van der Waals surface area (Å²) in [5.74, 6) is -2.74. The van der Waals surface area contributed by atoms with Gasteiger partial charge in [-0.2, -0.15) is 8.78 Å². The number of benzene rings is 1. The summed E-state index contributed by atoms with van der Waals surface area (Å²) in [6.07, 6.45) is 3.88. The van der Waals surface area contributed by atoms with Gasteiger partial charge in [0.15, 0.2) is 0 Å². The van der Waals surface area contributed by atoms with E-state index in [4.69, 9.17) is 5.11 Å². The molecular weight excluding hydrogens is 272 g/mol. The summed E-state index contributed by atoms with van der Waals surface area (Å²) in [4.78, 5) is 4.29. The van der Waals surface area contributed by atoms with Gasteiger partial charge in [-0.25, -0.2) is 0 Å². The number of alkyl halides is 2. The van der Waals surface area contributed by atoms with Crippen molar-refractivity contribution in [2.24, 2.45) is 10.9 Å². The van der Waals surface area contributed by atoms with E-state index in [9.17, 15) is 8.78 Å². The van der Waals surface area contributed by atoms with E-state index in [0.717, 1.165) is 36.6 Å². The van der Waals surface area contributed by atoms with E-state index in [0.29, 0.717) is 6.42 Å². The van der Waals surface area contributed by atoms with Crippen LogP contribution in [0.2, 0.25) is 0 Å². The maximum Gasteiger partial charge on any atom is 0.286 e. The number of aliphatic imine (C=N–C) groups is 1. The number of hydrogen-bond donors (Lipinski definition) is 1. The lowest BCUT2D eigenvalue weighted by atomic mass is 9.90. The summed E-state index contributed by atoms with van der Waals surface area (Å²) in [6.45, 7) is 2.92. The fourth-order valence-electron chi connectivity index (χ4n) is 2.58. The Morgan fingerprint density at radius 2 is 1.95 bits per heavy atom. The molecule has 0 saturated carbocycles. The van der Waals surface area contributed by atoms with Crippen LogP contribution in [0.3, 0.4) is 0 Å². The van der Waals surface area contributed by atoms with Crippen molar-refractivity contribution in [3.8, 4) is 0 Å². The van der Waals surface area contributed by atoms with E-state index >= 15 is 0 Å². The maximum absolute atomic E-state index is 13.6. The molecule has 0 saturated heterocycles. The predicted octanol–water partition coefficient (Wildman–Crippen LogP) is 4.33. The zero-order chi connectivity index (χ0) is 15.5. The van der Waals surface area contributed by atoms with E-state index in [2.05, 4.69) is 11.9 Å². The minimum absolute atomic E-state index is 0.0256. The molecule has 0 aliphatic carbocycles. The highest BCUT2D eigenvalue weighted by atomic mass is 19.3. The molecule has 1 N–H and O–H groups in total. The van der Waals surface area contributed by atoms with Gasteiger partial charge in [0.2, 0.25) is 0 Å². The Morgan fingerprint density at radius 3 is 2.48 bits per heavy atom. The van der Waals surface area contributed by atoms with Gasteiger partial charge in [-0.3, -0.25) is 4.99 Å². The third-order valence-electron chi connectivity index (χ3n) is 3.86. The number of nitrogens with zero attached hydrogens (tertiary/aromatic N) is 1. The van der Waals surface area contributed by atoms with Gasteiger partial charge in [-0.1, -0.05) is 37.3 Å². The van der Waals surface area contributed by atoms with E-state index in [1.54, 1.807) is 6.08 Å². The summed E-state index contributed by atoms with van der Waals surface area (Å²) in [5, 5.41) is 9.09. The lowest BCUT2D eigenvalue weighted by molar-refractivity contribution is 0.0619. The van der Waals surface area contributed by atoms with Crippen LogP contribution in [0.15, 0.2) is 41.0 Å². The Balaban J connectivity index is 2.42. The third-order valence-corrected chi connectivity index (χ3v) is 3.86. The van der Waals surface area contributed by atoms with Crippen LogP contribution in [0.25, 0.3) is 0 Å². The summed E-state index contributed by atoms with van der Waals surface area (Å²) in [6, 6.07) is 7.32. The third kappa shape index (κ3) is 3.76. The predicted molar refractivity (Wildman–Crippen MR) is 80.6 cm³/mol. The summed E-state index contributed by atoms with van der Waals surface area (Å²) in [5.41, 5.74) is 2.25. The second-order valence-electron chi connectivity index (χ2n) is 5.51. The molecule has 0 bridgehead atoms. The number of halogens is 2. The van der Waals surface area contributed by atoms with Crippen LogP contribution in [0.5, 0.6) is 0 Å². The normalized spacial score (nSPS) is 19.8. The summed E-state index contributed by atoms with van der Waals surface area (Å²) in [7, 11) is 0. The first-order chi connectivity index (χ1) is 9.95. The number of rotatable bonds is 4. The molecule has 1 unspecified atom stereocenters. The molecule has 2 rings (SSSR count). The molecule has 0 spiro atoms. The molecule has 1 atom stereocenters. The zero-order valence-electron chi connectivity index (χ0n) is 12.4. The molecule has 0 fully saturated rings. The van der Waals surface area contributed by atoms with Crippen LogP contribution in [0.1, 0.15) is 44.2 Å². The Bertz CT molecular complexity index is 541. The molecule has 114 valence electrons.